The fourth-order valence-corrected chi connectivity index (χ4v) is 2.59. The summed E-state index contributed by atoms with van der Waals surface area (Å²) >= 11 is 11.4. The molecule has 2 atom stereocenters. The van der Waals surface area contributed by atoms with Crippen LogP contribution in [0.3, 0.4) is 0 Å². The van der Waals surface area contributed by atoms with E-state index in [1.165, 1.54) is 0 Å². The minimum Gasteiger partial charge on any atom is -0.388 e. The normalized spacial score (nSPS) is 14.7. The van der Waals surface area contributed by atoms with Crippen molar-refractivity contribution in [3.63, 3.8) is 0 Å². The lowest BCUT2D eigenvalue weighted by molar-refractivity contribution is -0.684. The van der Waals surface area contributed by atoms with Gasteiger partial charge in [0.15, 0.2) is 11.0 Å². The zero-order valence-electron chi connectivity index (χ0n) is 11.3. The molecule has 0 unspecified atom stereocenters. The molecule has 0 spiro atoms. The zero-order chi connectivity index (χ0) is 14.7. The van der Waals surface area contributed by atoms with Gasteiger partial charge in [0, 0.05) is 6.92 Å². The Morgan fingerprint density at radius 2 is 1.80 bits per heavy atom. The number of imidazole rings is 1. The molecule has 0 saturated heterocycles. The third-order valence-corrected chi connectivity index (χ3v) is 4.10. The molecule has 0 aliphatic rings. The number of fused-ring (bicyclic) bond motifs is 1. The lowest BCUT2D eigenvalue weighted by atomic mass is 10.3. The maximum Gasteiger partial charge on any atom is 0.254 e. The van der Waals surface area contributed by atoms with Crippen molar-refractivity contribution in [3.8, 4) is 0 Å². The van der Waals surface area contributed by atoms with Gasteiger partial charge in [-0.3, -0.25) is 0 Å². The van der Waals surface area contributed by atoms with Gasteiger partial charge in [-0.25, -0.2) is 9.13 Å². The highest BCUT2D eigenvalue weighted by Gasteiger charge is 2.24. The van der Waals surface area contributed by atoms with Crippen LogP contribution in [0.15, 0.2) is 24.3 Å². The zero-order valence-corrected chi connectivity index (χ0v) is 12.8. The molecule has 2 N–H and O–H groups in total. The van der Waals surface area contributed by atoms with Gasteiger partial charge in [-0.05, 0) is 12.1 Å². The molecule has 1 aromatic carbocycles. The second kappa shape index (κ2) is 6.76. The van der Waals surface area contributed by atoms with E-state index in [1.54, 1.807) is 0 Å². The van der Waals surface area contributed by atoms with E-state index in [1.807, 2.05) is 40.3 Å². The first-order valence-electron chi connectivity index (χ1n) is 6.54. The number of hydrogen-bond donors (Lipinski definition) is 2. The average molecular weight is 318 g/mol. The third kappa shape index (κ3) is 3.09. The molecule has 0 bridgehead atoms. The molecule has 6 heteroatoms. The average Bonchev–Trinajstić information content (AvgIpc) is 2.72. The minimum absolute atomic E-state index is 0.191. The lowest BCUT2D eigenvalue weighted by Crippen LogP contribution is -2.43. The summed E-state index contributed by atoms with van der Waals surface area (Å²) in [5.74, 6) is 1.34. The Bertz CT molecular complexity index is 537. The number of benzene rings is 1. The van der Waals surface area contributed by atoms with Crippen LogP contribution >= 0.6 is 23.2 Å². The fourth-order valence-electron chi connectivity index (χ4n) is 2.40. The Morgan fingerprint density at radius 1 is 1.15 bits per heavy atom. The van der Waals surface area contributed by atoms with Crippen molar-refractivity contribution in [1.29, 1.82) is 0 Å². The molecule has 1 aromatic heterocycles. The highest BCUT2D eigenvalue weighted by atomic mass is 35.5. The molecule has 2 rings (SSSR count). The molecule has 2 aromatic rings. The number of nitrogens with zero attached hydrogens (tertiary/aromatic N) is 2. The summed E-state index contributed by atoms with van der Waals surface area (Å²) in [6.45, 7) is 2.82. The van der Waals surface area contributed by atoms with E-state index in [9.17, 15) is 10.2 Å². The van der Waals surface area contributed by atoms with Crippen molar-refractivity contribution in [2.24, 2.45) is 0 Å². The van der Waals surface area contributed by atoms with E-state index in [2.05, 4.69) is 0 Å². The lowest BCUT2D eigenvalue weighted by Gasteiger charge is -2.07. The van der Waals surface area contributed by atoms with E-state index >= 15 is 0 Å². The van der Waals surface area contributed by atoms with Crippen LogP contribution in [0.1, 0.15) is 5.82 Å². The van der Waals surface area contributed by atoms with Crippen molar-refractivity contribution in [2.75, 3.05) is 11.8 Å². The molecule has 0 saturated carbocycles. The van der Waals surface area contributed by atoms with Gasteiger partial charge in [-0.2, -0.15) is 0 Å². The van der Waals surface area contributed by atoms with Crippen LogP contribution in [0.5, 0.6) is 0 Å². The monoisotopic (exact) mass is 317 g/mol. The van der Waals surface area contributed by atoms with Crippen LogP contribution in [0.4, 0.5) is 0 Å². The second-order valence-corrected chi connectivity index (χ2v) is 5.49. The van der Waals surface area contributed by atoms with Crippen molar-refractivity contribution in [2.45, 2.75) is 32.2 Å². The Kier molecular flexibility index (Phi) is 5.27. The summed E-state index contributed by atoms with van der Waals surface area (Å²) in [6, 6.07) is 7.89. The number of para-hydroxylation sites is 2. The minimum atomic E-state index is -0.599. The topological polar surface area (TPSA) is 49.3 Å². The smallest absolute Gasteiger partial charge is 0.254 e. The molecule has 110 valence electrons. The third-order valence-electron chi connectivity index (χ3n) is 3.39. The van der Waals surface area contributed by atoms with Gasteiger partial charge < -0.3 is 10.2 Å². The van der Waals surface area contributed by atoms with Crippen molar-refractivity contribution < 1.29 is 14.8 Å². The number of hydrogen-bond acceptors (Lipinski definition) is 2. The molecular formula is C14H19Cl2N2O2+. The van der Waals surface area contributed by atoms with E-state index in [4.69, 9.17) is 23.2 Å². The molecule has 0 amide bonds. The summed E-state index contributed by atoms with van der Waals surface area (Å²) < 4.78 is 4.03. The molecule has 0 aliphatic carbocycles. The second-order valence-electron chi connectivity index (χ2n) is 4.87. The van der Waals surface area contributed by atoms with E-state index < -0.39 is 12.2 Å². The van der Waals surface area contributed by atoms with Crippen molar-refractivity contribution in [3.05, 3.63) is 30.1 Å². The van der Waals surface area contributed by atoms with Gasteiger partial charge in [0.2, 0.25) is 0 Å². The van der Waals surface area contributed by atoms with Gasteiger partial charge in [0.05, 0.1) is 11.8 Å². The standard InChI is InChI=1S/C14H19Cl2N2O2/c1-10-17(8-11(19)6-15)13-4-2-3-5-14(13)18(10)9-12(20)7-16/h2-5,11-12,19-20H,6-9H2,1H3/q+1/t11-,12-/m1/s1. The van der Waals surface area contributed by atoms with E-state index in [0.29, 0.717) is 13.1 Å². The first-order chi connectivity index (χ1) is 9.58. The number of halogens is 2. The SMILES string of the molecule is Cc1n(C[C@H](O)CCl)c2ccccc2[n+]1C[C@H](O)CCl. The maximum absolute atomic E-state index is 9.80. The van der Waals surface area contributed by atoms with Crippen molar-refractivity contribution in [1.82, 2.24) is 4.57 Å². The van der Waals surface area contributed by atoms with Crippen molar-refractivity contribution >= 4 is 34.2 Å². The van der Waals surface area contributed by atoms with E-state index in [-0.39, 0.29) is 11.8 Å². The predicted octanol–water partition coefficient (Wildman–Crippen LogP) is 1.44. The van der Waals surface area contributed by atoms with Gasteiger partial charge >= 0.3 is 0 Å². The molecule has 1 heterocycles. The van der Waals surface area contributed by atoms with Gasteiger partial charge in [0.1, 0.15) is 25.3 Å². The first kappa shape index (κ1) is 15.6. The summed E-state index contributed by atoms with van der Waals surface area (Å²) in [6.07, 6.45) is -1.20. The summed E-state index contributed by atoms with van der Waals surface area (Å²) in [7, 11) is 0. The highest BCUT2D eigenvalue weighted by molar-refractivity contribution is 6.18. The predicted molar refractivity (Wildman–Crippen MR) is 80.3 cm³/mol. The quantitative estimate of drug-likeness (QED) is 0.625. The Labute approximate surface area is 128 Å². The van der Waals surface area contributed by atoms with Crippen LogP contribution in [-0.4, -0.2) is 38.7 Å². The first-order valence-corrected chi connectivity index (χ1v) is 7.61. The molecule has 20 heavy (non-hydrogen) atoms. The van der Waals surface area contributed by atoms with E-state index in [0.717, 1.165) is 16.9 Å². The molecule has 4 nitrogen and oxygen atoms in total. The summed E-state index contributed by atoms with van der Waals surface area (Å²) in [4.78, 5) is 0. The Morgan fingerprint density at radius 3 is 2.45 bits per heavy atom. The van der Waals surface area contributed by atoms with Crippen LogP contribution in [0.25, 0.3) is 11.0 Å². The van der Waals surface area contributed by atoms with Gasteiger partial charge in [-0.15, -0.1) is 23.2 Å². The summed E-state index contributed by atoms with van der Waals surface area (Å²) in [5, 5.41) is 19.6. The van der Waals surface area contributed by atoms with Crippen LogP contribution in [0, 0.1) is 6.92 Å². The van der Waals surface area contributed by atoms with Gasteiger partial charge in [-0.1, -0.05) is 12.1 Å². The molecule has 0 radical (unpaired) electrons. The fraction of sp³-hybridized carbons (Fsp3) is 0.500. The highest BCUT2D eigenvalue weighted by Crippen LogP contribution is 2.15. The molecule has 0 fully saturated rings. The molecular weight excluding hydrogens is 299 g/mol. The van der Waals surface area contributed by atoms with Crippen LogP contribution < -0.4 is 4.57 Å². The summed E-state index contributed by atoms with van der Waals surface area (Å²) in [5.41, 5.74) is 2.02. The van der Waals surface area contributed by atoms with Crippen LogP contribution in [0.2, 0.25) is 0 Å². The number of alkyl halides is 2. The Hall–Kier alpha value is -0.810. The molecule has 0 aliphatic heterocycles. The van der Waals surface area contributed by atoms with Crippen LogP contribution in [-0.2, 0) is 13.1 Å². The number of rotatable bonds is 6. The number of aromatic nitrogens is 2. The Balaban J connectivity index is 2.49. The largest absolute Gasteiger partial charge is 0.388 e. The number of aliphatic hydroxyl groups excluding tert-OH is 2. The maximum atomic E-state index is 9.80. The van der Waals surface area contributed by atoms with Gasteiger partial charge in [0.25, 0.3) is 5.82 Å². The number of aliphatic hydroxyl groups is 2.